The zero-order valence-electron chi connectivity index (χ0n) is 12.9. The summed E-state index contributed by atoms with van der Waals surface area (Å²) in [5.41, 5.74) is 9.17. The van der Waals surface area contributed by atoms with E-state index in [0.29, 0.717) is 12.5 Å². The predicted octanol–water partition coefficient (Wildman–Crippen LogP) is 3.52. The van der Waals surface area contributed by atoms with Gasteiger partial charge in [0.15, 0.2) is 17.5 Å². The number of nitrogens with two attached hydrogens (primary N) is 1. The van der Waals surface area contributed by atoms with E-state index >= 15 is 0 Å². The number of guanidine groups is 1. The van der Waals surface area contributed by atoms with E-state index < -0.39 is 0 Å². The van der Waals surface area contributed by atoms with Gasteiger partial charge >= 0.3 is 0 Å². The van der Waals surface area contributed by atoms with Crippen LogP contribution in [0, 0.1) is 0 Å². The van der Waals surface area contributed by atoms with Crippen molar-refractivity contribution >= 4 is 35.6 Å². The minimum absolute atomic E-state index is 0. The Labute approximate surface area is 152 Å². The molecule has 6 heteroatoms. The average molecular weight is 425 g/mol. The van der Waals surface area contributed by atoms with Gasteiger partial charge in [0.05, 0.1) is 6.54 Å². The smallest absolute Gasteiger partial charge is 0.231 e. The van der Waals surface area contributed by atoms with E-state index in [9.17, 15) is 0 Å². The summed E-state index contributed by atoms with van der Waals surface area (Å²) >= 11 is 0. The normalized spacial score (nSPS) is 12.7. The summed E-state index contributed by atoms with van der Waals surface area (Å²) in [6, 6.07) is 13.9. The van der Waals surface area contributed by atoms with Crippen molar-refractivity contribution < 1.29 is 9.47 Å². The van der Waals surface area contributed by atoms with E-state index in [1.165, 1.54) is 5.56 Å². The van der Waals surface area contributed by atoms with Gasteiger partial charge in [-0.1, -0.05) is 25.1 Å². The Balaban J connectivity index is 0.00000192. The molecule has 1 aliphatic rings. The van der Waals surface area contributed by atoms with Crippen LogP contribution in [0.4, 0.5) is 5.69 Å². The second kappa shape index (κ2) is 8.05. The van der Waals surface area contributed by atoms with Crippen LogP contribution in [0.2, 0.25) is 0 Å². The van der Waals surface area contributed by atoms with Crippen molar-refractivity contribution in [1.82, 2.24) is 0 Å². The molecule has 0 unspecified atom stereocenters. The van der Waals surface area contributed by atoms with Gasteiger partial charge in [-0.15, -0.1) is 24.0 Å². The van der Waals surface area contributed by atoms with Crippen molar-refractivity contribution in [3.05, 3.63) is 53.6 Å². The van der Waals surface area contributed by atoms with Gasteiger partial charge in [-0.3, -0.25) is 0 Å². The van der Waals surface area contributed by atoms with Crippen molar-refractivity contribution in [2.75, 3.05) is 12.1 Å². The average Bonchev–Trinajstić information content (AvgIpc) is 3.00. The molecule has 1 aliphatic heterocycles. The van der Waals surface area contributed by atoms with Crippen LogP contribution in [0.25, 0.3) is 0 Å². The quantitative estimate of drug-likeness (QED) is 0.447. The third-order valence-corrected chi connectivity index (χ3v) is 3.48. The highest BCUT2D eigenvalue weighted by molar-refractivity contribution is 14.0. The van der Waals surface area contributed by atoms with Gasteiger partial charge in [0.2, 0.25) is 6.79 Å². The summed E-state index contributed by atoms with van der Waals surface area (Å²) in [5.74, 6) is 1.93. The molecular formula is C17H20IN3O2. The van der Waals surface area contributed by atoms with Crippen molar-refractivity contribution in [2.24, 2.45) is 10.7 Å². The highest BCUT2D eigenvalue weighted by Crippen LogP contribution is 2.32. The number of hydrogen-bond donors (Lipinski definition) is 2. The number of ether oxygens (including phenoxy) is 2. The largest absolute Gasteiger partial charge is 0.454 e. The lowest BCUT2D eigenvalue weighted by Gasteiger charge is -2.07. The lowest BCUT2D eigenvalue weighted by molar-refractivity contribution is 0.174. The van der Waals surface area contributed by atoms with Crippen molar-refractivity contribution in [3.63, 3.8) is 0 Å². The number of aryl methyl sites for hydroxylation is 1. The number of aliphatic imine (C=N–C) groups is 1. The van der Waals surface area contributed by atoms with Gasteiger partial charge in [-0.05, 0) is 41.8 Å². The molecule has 0 aromatic heterocycles. The van der Waals surface area contributed by atoms with E-state index in [1.807, 2.05) is 30.3 Å². The SMILES string of the molecule is CCc1cccc(NC(N)=NCc2ccc3c(c2)OCO3)c1.I. The molecule has 5 nitrogen and oxygen atoms in total. The first-order chi connectivity index (χ1) is 10.7. The molecule has 1 heterocycles. The van der Waals surface area contributed by atoms with Gasteiger partial charge in [0.25, 0.3) is 0 Å². The molecule has 0 aliphatic carbocycles. The lowest BCUT2D eigenvalue weighted by Crippen LogP contribution is -2.22. The van der Waals surface area contributed by atoms with Gasteiger partial charge in [0, 0.05) is 5.69 Å². The summed E-state index contributed by atoms with van der Waals surface area (Å²) in [6.45, 7) is 2.89. The second-order valence-electron chi connectivity index (χ2n) is 5.07. The van der Waals surface area contributed by atoms with E-state index in [2.05, 4.69) is 29.4 Å². The second-order valence-corrected chi connectivity index (χ2v) is 5.07. The third-order valence-electron chi connectivity index (χ3n) is 3.48. The monoisotopic (exact) mass is 425 g/mol. The number of nitrogens with zero attached hydrogens (tertiary/aromatic N) is 1. The molecule has 0 amide bonds. The Hall–Kier alpha value is -1.96. The van der Waals surface area contributed by atoms with Gasteiger partial charge < -0.3 is 20.5 Å². The first kappa shape index (κ1) is 17.4. The third kappa shape index (κ3) is 4.51. The molecule has 0 radical (unpaired) electrons. The van der Waals surface area contributed by atoms with Crippen LogP contribution in [0.3, 0.4) is 0 Å². The topological polar surface area (TPSA) is 68.9 Å². The summed E-state index contributed by atoms with van der Waals surface area (Å²) in [4.78, 5) is 4.36. The molecule has 0 bridgehead atoms. The minimum Gasteiger partial charge on any atom is -0.454 e. The molecule has 0 saturated heterocycles. The fraction of sp³-hybridized carbons (Fsp3) is 0.235. The van der Waals surface area contributed by atoms with Crippen molar-refractivity contribution in [2.45, 2.75) is 19.9 Å². The Kier molecular flexibility index (Phi) is 6.09. The van der Waals surface area contributed by atoms with Gasteiger partial charge in [-0.2, -0.15) is 0 Å². The molecular weight excluding hydrogens is 405 g/mol. The number of anilines is 1. The highest BCUT2D eigenvalue weighted by Gasteiger charge is 2.12. The number of nitrogens with one attached hydrogen (secondary N) is 1. The van der Waals surface area contributed by atoms with Crippen LogP contribution >= 0.6 is 24.0 Å². The maximum Gasteiger partial charge on any atom is 0.231 e. The molecule has 2 aromatic rings. The fourth-order valence-electron chi connectivity index (χ4n) is 2.27. The van der Waals surface area contributed by atoms with Crippen LogP contribution < -0.4 is 20.5 Å². The molecule has 0 atom stereocenters. The summed E-state index contributed by atoms with van der Waals surface area (Å²) in [5, 5.41) is 3.11. The maximum absolute atomic E-state index is 5.94. The lowest BCUT2D eigenvalue weighted by atomic mass is 10.1. The Bertz CT molecular complexity index is 704. The summed E-state index contributed by atoms with van der Waals surface area (Å²) in [7, 11) is 0. The van der Waals surface area contributed by atoms with E-state index in [4.69, 9.17) is 15.2 Å². The Morgan fingerprint density at radius 1 is 1.13 bits per heavy atom. The zero-order chi connectivity index (χ0) is 15.4. The number of halogens is 1. The predicted molar refractivity (Wildman–Crippen MR) is 103 cm³/mol. The Morgan fingerprint density at radius 3 is 2.78 bits per heavy atom. The van der Waals surface area contributed by atoms with Crippen LogP contribution in [0.5, 0.6) is 11.5 Å². The maximum atomic E-state index is 5.94. The molecule has 0 spiro atoms. The molecule has 2 aromatic carbocycles. The fourth-order valence-corrected chi connectivity index (χ4v) is 2.27. The molecule has 0 fully saturated rings. The Morgan fingerprint density at radius 2 is 1.96 bits per heavy atom. The van der Waals surface area contributed by atoms with Crippen molar-refractivity contribution in [1.29, 1.82) is 0 Å². The van der Waals surface area contributed by atoms with Crippen LogP contribution in [0.15, 0.2) is 47.5 Å². The van der Waals surface area contributed by atoms with Gasteiger partial charge in [0.1, 0.15) is 0 Å². The van der Waals surface area contributed by atoms with Crippen LogP contribution in [0.1, 0.15) is 18.1 Å². The van der Waals surface area contributed by atoms with Crippen molar-refractivity contribution in [3.8, 4) is 11.5 Å². The molecule has 122 valence electrons. The van der Waals surface area contributed by atoms with E-state index in [-0.39, 0.29) is 30.8 Å². The molecule has 23 heavy (non-hydrogen) atoms. The zero-order valence-corrected chi connectivity index (χ0v) is 15.2. The number of rotatable bonds is 4. The standard InChI is InChI=1S/C17H19N3O2.HI/c1-2-12-4-3-5-14(8-12)20-17(18)19-10-13-6-7-15-16(9-13)22-11-21-15;/h3-9H,2,10-11H2,1H3,(H3,18,19,20);1H. The van der Waals surface area contributed by atoms with E-state index in [0.717, 1.165) is 29.2 Å². The summed E-state index contributed by atoms with van der Waals surface area (Å²) in [6.07, 6.45) is 0.990. The molecule has 3 rings (SSSR count). The first-order valence-corrected chi connectivity index (χ1v) is 7.29. The summed E-state index contributed by atoms with van der Waals surface area (Å²) < 4.78 is 10.6. The number of fused-ring (bicyclic) bond motifs is 1. The van der Waals surface area contributed by atoms with Crippen LogP contribution in [-0.4, -0.2) is 12.8 Å². The minimum atomic E-state index is 0. The van der Waals surface area contributed by atoms with Crippen LogP contribution in [-0.2, 0) is 13.0 Å². The highest BCUT2D eigenvalue weighted by atomic mass is 127. The van der Waals surface area contributed by atoms with Gasteiger partial charge in [-0.25, -0.2) is 4.99 Å². The molecule has 0 saturated carbocycles. The number of benzene rings is 2. The molecule has 3 N–H and O–H groups in total. The van der Waals surface area contributed by atoms with E-state index in [1.54, 1.807) is 0 Å². The number of hydrogen-bond acceptors (Lipinski definition) is 3. The first-order valence-electron chi connectivity index (χ1n) is 7.29.